The Bertz CT molecular complexity index is 1380. The van der Waals surface area contributed by atoms with E-state index in [1.807, 2.05) is 31.2 Å². The molecule has 4 rings (SSSR count). The van der Waals surface area contributed by atoms with Gasteiger partial charge >= 0.3 is 10.1 Å². The molecule has 0 saturated carbocycles. The van der Waals surface area contributed by atoms with E-state index in [1.54, 1.807) is 24.3 Å². The number of thiazole rings is 1. The molecule has 1 aromatic heterocycles. The monoisotopic (exact) mass is 497 g/mol. The number of hydrogen-bond donors (Lipinski definition) is 1. The highest BCUT2D eigenvalue weighted by atomic mass is 32.2. The van der Waals surface area contributed by atoms with Gasteiger partial charge in [-0.15, -0.1) is 11.3 Å². The molecule has 0 atom stereocenters. The Kier molecular flexibility index (Phi) is 7.07. The molecule has 0 radical (unpaired) electrons. The van der Waals surface area contributed by atoms with Gasteiger partial charge in [0.1, 0.15) is 10.6 Å². The van der Waals surface area contributed by atoms with Crippen LogP contribution < -0.4 is 9.61 Å². The number of nitrogens with one attached hydrogen (secondary N) is 1. The molecule has 4 aromatic rings. The zero-order valence-electron chi connectivity index (χ0n) is 17.5. The number of rotatable bonds is 8. The number of thioether (sulfide) groups is 1. The van der Waals surface area contributed by atoms with E-state index in [0.717, 1.165) is 20.1 Å². The molecule has 0 aliphatic rings. The van der Waals surface area contributed by atoms with Gasteiger partial charge in [0, 0.05) is 0 Å². The summed E-state index contributed by atoms with van der Waals surface area (Å²) >= 11 is 2.88. The van der Waals surface area contributed by atoms with Crippen molar-refractivity contribution in [1.82, 2.24) is 10.4 Å². The minimum Gasteiger partial charge on any atom is -0.379 e. The first-order valence-electron chi connectivity index (χ1n) is 9.80. The third-order valence-corrected chi connectivity index (χ3v) is 7.82. The van der Waals surface area contributed by atoms with Crippen LogP contribution in [0.25, 0.3) is 10.2 Å². The highest BCUT2D eigenvalue weighted by molar-refractivity contribution is 8.01. The topological polar surface area (TPSA) is 97.7 Å². The van der Waals surface area contributed by atoms with Gasteiger partial charge < -0.3 is 4.18 Å². The van der Waals surface area contributed by atoms with E-state index in [2.05, 4.69) is 15.5 Å². The van der Waals surface area contributed by atoms with Crippen molar-refractivity contribution in [3.8, 4) is 5.75 Å². The number of amides is 1. The van der Waals surface area contributed by atoms with Crippen molar-refractivity contribution < 1.29 is 17.4 Å². The van der Waals surface area contributed by atoms with Gasteiger partial charge in [0.2, 0.25) is 0 Å². The van der Waals surface area contributed by atoms with E-state index >= 15 is 0 Å². The molecule has 1 heterocycles. The van der Waals surface area contributed by atoms with Crippen LogP contribution in [-0.2, 0) is 14.9 Å². The van der Waals surface area contributed by atoms with E-state index in [1.165, 1.54) is 53.6 Å². The number of hydrazone groups is 1. The van der Waals surface area contributed by atoms with Crippen molar-refractivity contribution in [2.24, 2.45) is 5.10 Å². The second-order valence-corrected chi connectivity index (χ2v) is 10.8. The van der Waals surface area contributed by atoms with E-state index in [-0.39, 0.29) is 22.3 Å². The molecule has 33 heavy (non-hydrogen) atoms. The molecule has 0 fully saturated rings. The third kappa shape index (κ3) is 6.19. The number of carbonyl (C=O) groups excluding carboxylic acids is 1. The number of nitrogens with zero attached hydrogens (tertiary/aromatic N) is 2. The minimum absolute atomic E-state index is 0.0741. The molecule has 1 N–H and O–H groups in total. The summed E-state index contributed by atoms with van der Waals surface area (Å²) < 4.78 is 32.0. The molecule has 0 bridgehead atoms. The molecule has 7 nitrogen and oxygen atoms in total. The lowest BCUT2D eigenvalue weighted by atomic mass is 10.2. The second kappa shape index (κ2) is 10.2. The fourth-order valence-electron chi connectivity index (χ4n) is 2.78. The predicted molar refractivity (Wildman–Crippen MR) is 132 cm³/mol. The SMILES string of the molecule is Cc1ccc(S(=O)(=O)Oc2cccc(/C=N/NC(=O)CSc3nc4ccccc4s3)c2)cc1. The average Bonchev–Trinajstić information content (AvgIpc) is 3.21. The van der Waals surface area contributed by atoms with Crippen LogP contribution in [-0.4, -0.2) is 31.3 Å². The van der Waals surface area contributed by atoms with Gasteiger partial charge in [0.25, 0.3) is 5.91 Å². The van der Waals surface area contributed by atoms with Crippen LogP contribution in [0.5, 0.6) is 5.75 Å². The maximum atomic E-state index is 12.5. The second-order valence-electron chi connectivity index (χ2n) is 6.95. The normalized spacial score (nSPS) is 11.7. The van der Waals surface area contributed by atoms with Crippen LogP contribution in [0.15, 0.2) is 87.1 Å². The van der Waals surface area contributed by atoms with E-state index in [4.69, 9.17) is 4.18 Å². The molecule has 1 amide bonds. The summed E-state index contributed by atoms with van der Waals surface area (Å²) in [4.78, 5) is 16.6. The number of carbonyl (C=O) groups is 1. The highest BCUT2D eigenvalue weighted by Crippen LogP contribution is 2.29. The lowest BCUT2D eigenvalue weighted by molar-refractivity contribution is -0.118. The zero-order valence-corrected chi connectivity index (χ0v) is 19.9. The summed E-state index contributed by atoms with van der Waals surface area (Å²) in [5.74, 6) is 0.0526. The Hall–Kier alpha value is -3.21. The van der Waals surface area contributed by atoms with Gasteiger partial charge in [0.15, 0.2) is 4.34 Å². The number of para-hydroxylation sites is 1. The Morgan fingerprint density at radius 3 is 2.70 bits per heavy atom. The lowest BCUT2D eigenvalue weighted by Crippen LogP contribution is -2.19. The summed E-state index contributed by atoms with van der Waals surface area (Å²) in [6, 6.07) is 20.6. The van der Waals surface area contributed by atoms with Crippen LogP contribution in [0.3, 0.4) is 0 Å². The number of aryl methyl sites for hydroxylation is 1. The predicted octanol–water partition coefficient (Wildman–Crippen LogP) is 4.61. The summed E-state index contributed by atoms with van der Waals surface area (Å²) in [5.41, 5.74) is 4.90. The maximum Gasteiger partial charge on any atom is 0.339 e. The number of hydrogen-bond acceptors (Lipinski definition) is 8. The van der Waals surface area contributed by atoms with Crippen molar-refractivity contribution >= 4 is 55.6 Å². The molecule has 10 heteroatoms. The van der Waals surface area contributed by atoms with Crippen LogP contribution in [0.2, 0.25) is 0 Å². The summed E-state index contributed by atoms with van der Waals surface area (Å²) in [5, 5.41) is 3.94. The number of aromatic nitrogens is 1. The molecule has 0 unspecified atom stereocenters. The van der Waals surface area contributed by atoms with Gasteiger partial charge in [-0.2, -0.15) is 13.5 Å². The van der Waals surface area contributed by atoms with Crippen molar-refractivity contribution in [2.45, 2.75) is 16.2 Å². The molecular weight excluding hydrogens is 478 g/mol. The van der Waals surface area contributed by atoms with Gasteiger partial charge in [-0.3, -0.25) is 4.79 Å². The minimum atomic E-state index is -3.95. The first-order valence-corrected chi connectivity index (χ1v) is 13.0. The van der Waals surface area contributed by atoms with Crippen LogP contribution >= 0.6 is 23.1 Å². The molecule has 0 aliphatic carbocycles. The van der Waals surface area contributed by atoms with E-state index < -0.39 is 10.1 Å². The molecule has 0 spiro atoms. The molecular formula is C23H19N3O4S3. The lowest BCUT2D eigenvalue weighted by Gasteiger charge is -2.07. The number of benzene rings is 3. The van der Waals surface area contributed by atoms with Crippen molar-refractivity contribution in [3.63, 3.8) is 0 Å². The third-order valence-electron chi connectivity index (χ3n) is 4.38. The Labute approximate surface area is 199 Å². The first kappa shape index (κ1) is 23.0. The summed E-state index contributed by atoms with van der Waals surface area (Å²) in [7, 11) is -3.95. The zero-order chi connectivity index (χ0) is 23.3. The molecule has 0 saturated heterocycles. The van der Waals surface area contributed by atoms with E-state index in [9.17, 15) is 13.2 Å². The first-order chi connectivity index (χ1) is 15.9. The molecule has 168 valence electrons. The van der Waals surface area contributed by atoms with Crippen LogP contribution in [0, 0.1) is 6.92 Å². The molecule has 3 aromatic carbocycles. The van der Waals surface area contributed by atoms with Crippen molar-refractivity contribution in [2.75, 3.05) is 5.75 Å². The Morgan fingerprint density at radius 1 is 1.12 bits per heavy atom. The maximum absolute atomic E-state index is 12.5. The van der Waals surface area contributed by atoms with Crippen molar-refractivity contribution in [1.29, 1.82) is 0 Å². The highest BCUT2D eigenvalue weighted by Gasteiger charge is 2.16. The van der Waals surface area contributed by atoms with Crippen molar-refractivity contribution in [3.05, 3.63) is 83.9 Å². The number of fused-ring (bicyclic) bond motifs is 1. The van der Waals surface area contributed by atoms with Gasteiger partial charge in [-0.1, -0.05) is 53.7 Å². The molecule has 0 aliphatic heterocycles. The van der Waals surface area contributed by atoms with Gasteiger partial charge in [-0.25, -0.2) is 10.4 Å². The Morgan fingerprint density at radius 2 is 1.91 bits per heavy atom. The fraction of sp³-hybridized carbons (Fsp3) is 0.0870. The fourth-order valence-corrected chi connectivity index (χ4v) is 5.56. The van der Waals surface area contributed by atoms with Crippen LogP contribution in [0.4, 0.5) is 0 Å². The van der Waals surface area contributed by atoms with Gasteiger partial charge in [-0.05, 0) is 48.9 Å². The summed E-state index contributed by atoms with van der Waals surface area (Å²) in [6.45, 7) is 1.87. The smallest absolute Gasteiger partial charge is 0.339 e. The summed E-state index contributed by atoms with van der Waals surface area (Å²) in [6.07, 6.45) is 1.42. The largest absolute Gasteiger partial charge is 0.379 e. The van der Waals surface area contributed by atoms with Crippen LogP contribution in [0.1, 0.15) is 11.1 Å². The van der Waals surface area contributed by atoms with Gasteiger partial charge in [0.05, 0.1) is 22.2 Å². The Balaban J connectivity index is 1.32. The van der Waals surface area contributed by atoms with E-state index in [0.29, 0.717) is 5.56 Å². The average molecular weight is 498 g/mol. The standard InChI is InChI=1S/C23H19N3O4S3/c1-16-9-11-19(12-10-16)33(28,29)30-18-6-4-5-17(13-18)14-24-26-22(27)15-31-23-25-20-7-2-3-8-21(20)32-23/h2-14H,15H2,1H3,(H,26,27)/b24-14+. The quantitative estimate of drug-likeness (QED) is 0.165.